The molecule has 2 rings (SSSR count). The Hall–Kier alpha value is -1.48. The van der Waals surface area contributed by atoms with Crippen molar-refractivity contribution in [1.29, 1.82) is 0 Å². The van der Waals surface area contributed by atoms with E-state index in [-0.39, 0.29) is 39.3 Å². The van der Waals surface area contributed by atoms with Gasteiger partial charge < -0.3 is 10.1 Å². The van der Waals surface area contributed by atoms with Gasteiger partial charge in [-0.1, -0.05) is 19.4 Å². The maximum Gasteiger partial charge on any atom is 0.248 e. The molecule has 1 aliphatic heterocycles. The van der Waals surface area contributed by atoms with E-state index in [0.717, 1.165) is 0 Å². The van der Waals surface area contributed by atoms with Crippen LogP contribution in [0.15, 0.2) is 24.3 Å². The number of carbonyl (C=O) groups is 3. The molecule has 1 aliphatic rings. The summed E-state index contributed by atoms with van der Waals surface area (Å²) < 4.78 is 0. The first-order valence-electron chi connectivity index (χ1n) is 6.28. The molecule has 0 spiro atoms. The minimum atomic E-state index is -0.645. The number of imide groups is 1. The van der Waals surface area contributed by atoms with Crippen molar-refractivity contribution < 1.29 is 35.4 Å². The second-order valence-electron chi connectivity index (χ2n) is 3.75. The minimum Gasteiger partial charge on any atom is -0.381 e. The van der Waals surface area contributed by atoms with Crippen LogP contribution < -0.4 is 10.6 Å². The standard InChI is InChI=1S/C12H11N2O3.C2H6.W/c15-10-7-6-9(12(17)14-10)13-11(16)8-4-2-1-3-5-8;1-2;/h1-4,9H,6-7H2,(H,13,16)(H,14,15,17);1-2H3;/q-1;;. The summed E-state index contributed by atoms with van der Waals surface area (Å²) in [6, 6.07) is 8.83. The van der Waals surface area contributed by atoms with Crippen molar-refractivity contribution in [2.45, 2.75) is 32.7 Å². The summed E-state index contributed by atoms with van der Waals surface area (Å²) in [4.78, 5) is 34.1. The van der Waals surface area contributed by atoms with Crippen molar-refractivity contribution in [1.82, 2.24) is 10.6 Å². The van der Waals surface area contributed by atoms with Gasteiger partial charge in [0, 0.05) is 27.5 Å². The summed E-state index contributed by atoms with van der Waals surface area (Å²) in [7, 11) is 0. The third-order valence-corrected chi connectivity index (χ3v) is 2.50. The minimum absolute atomic E-state index is 0. The zero-order chi connectivity index (χ0) is 14.3. The van der Waals surface area contributed by atoms with E-state index in [2.05, 4.69) is 16.7 Å². The van der Waals surface area contributed by atoms with Crippen LogP contribution in [0.5, 0.6) is 0 Å². The average molecular weight is 445 g/mol. The van der Waals surface area contributed by atoms with Crippen LogP contribution in [-0.2, 0) is 30.7 Å². The molecule has 20 heavy (non-hydrogen) atoms. The van der Waals surface area contributed by atoms with E-state index in [9.17, 15) is 14.4 Å². The number of nitrogens with one attached hydrogen (secondary N) is 2. The molecule has 1 heterocycles. The van der Waals surface area contributed by atoms with Gasteiger partial charge in [-0.05, 0) is 6.42 Å². The van der Waals surface area contributed by atoms with Crippen LogP contribution in [0, 0.1) is 6.07 Å². The quantitative estimate of drug-likeness (QED) is 0.528. The topological polar surface area (TPSA) is 75.3 Å². The molecule has 2 N–H and O–H groups in total. The first-order valence-corrected chi connectivity index (χ1v) is 6.28. The Morgan fingerprint density at radius 2 is 2.05 bits per heavy atom. The molecule has 3 amide bonds. The normalized spacial score (nSPS) is 17.0. The predicted molar refractivity (Wildman–Crippen MR) is 70.3 cm³/mol. The van der Waals surface area contributed by atoms with Crippen molar-refractivity contribution in [3.63, 3.8) is 0 Å². The molecular weight excluding hydrogens is 428 g/mol. The fraction of sp³-hybridized carbons (Fsp3) is 0.357. The average Bonchev–Trinajstić information content (AvgIpc) is 2.45. The van der Waals surface area contributed by atoms with Crippen LogP contribution in [0.3, 0.4) is 0 Å². The van der Waals surface area contributed by atoms with Gasteiger partial charge in [0.1, 0.15) is 6.04 Å². The fourth-order valence-corrected chi connectivity index (χ4v) is 1.60. The van der Waals surface area contributed by atoms with Crippen molar-refractivity contribution in [2.24, 2.45) is 0 Å². The Kier molecular flexibility index (Phi) is 8.73. The SMILES string of the molecule is CC.O=C1CCC(NC(=O)c2[c-]cccc2)C(=O)N1.[W]. The largest absolute Gasteiger partial charge is 0.381 e. The molecule has 1 aromatic rings. The number of benzene rings is 1. The van der Waals surface area contributed by atoms with Gasteiger partial charge in [0.15, 0.2) is 5.91 Å². The molecule has 1 unspecified atom stereocenters. The second-order valence-corrected chi connectivity index (χ2v) is 3.75. The molecule has 5 nitrogen and oxygen atoms in total. The Labute approximate surface area is 132 Å². The molecule has 0 radical (unpaired) electrons. The van der Waals surface area contributed by atoms with Crippen LogP contribution in [0.2, 0.25) is 0 Å². The maximum absolute atomic E-state index is 11.7. The van der Waals surface area contributed by atoms with Crippen molar-refractivity contribution in [3.8, 4) is 0 Å². The van der Waals surface area contributed by atoms with Gasteiger partial charge in [-0.25, -0.2) is 0 Å². The Morgan fingerprint density at radius 1 is 1.35 bits per heavy atom. The van der Waals surface area contributed by atoms with Crippen molar-refractivity contribution in [2.75, 3.05) is 0 Å². The monoisotopic (exact) mass is 445 g/mol. The van der Waals surface area contributed by atoms with E-state index in [1.165, 1.54) is 0 Å². The molecule has 0 aliphatic carbocycles. The first kappa shape index (κ1) is 18.5. The maximum atomic E-state index is 11.7. The Balaban J connectivity index is 0.00000115. The second kappa shape index (κ2) is 9.43. The molecule has 0 aromatic heterocycles. The third kappa shape index (κ3) is 5.25. The smallest absolute Gasteiger partial charge is 0.248 e. The zero-order valence-corrected chi connectivity index (χ0v) is 14.4. The van der Waals surface area contributed by atoms with E-state index in [1.807, 2.05) is 13.8 Å². The summed E-state index contributed by atoms with van der Waals surface area (Å²) in [5.41, 5.74) is 0.372. The van der Waals surface area contributed by atoms with Gasteiger partial charge in [-0.2, -0.15) is 0 Å². The van der Waals surface area contributed by atoms with E-state index >= 15 is 0 Å². The Bertz CT molecular complexity index is 463. The van der Waals surface area contributed by atoms with Crippen LogP contribution in [0.4, 0.5) is 0 Å². The molecule has 108 valence electrons. The summed E-state index contributed by atoms with van der Waals surface area (Å²) in [5, 5.41) is 4.75. The van der Waals surface area contributed by atoms with Crippen LogP contribution >= 0.6 is 0 Å². The van der Waals surface area contributed by atoms with Gasteiger partial charge in [-0.15, -0.1) is 30.3 Å². The summed E-state index contributed by atoms with van der Waals surface area (Å²) in [6.07, 6.45) is 0.582. The third-order valence-electron chi connectivity index (χ3n) is 2.50. The molecule has 0 saturated carbocycles. The number of rotatable bonds is 2. The zero-order valence-electron chi connectivity index (χ0n) is 11.4. The van der Waals surface area contributed by atoms with Crippen LogP contribution in [-0.4, -0.2) is 23.8 Å². The van der Waals surface area contributed by atoms with E-state index < -0.39 is 11.9 Å². The molecule has 0 bridgehead atoms. The van der Waals surface area contributed by atoms with E-state index in [1.54, 1.807) is 24.3 Å². The number of amides is 3. The molecule has 1 aromatic carbocycles. The fourth-order valence-electron chi connectivity index (χ4n) is 1.60. The molecule has 1 atom stereocenters. The van der Waals surface area contributed by atoms with Gasteiger partial charge >= 0.3 is 0 Å². The summed E-state index contributed by atoms with van der Waals surface area (Å²) in [6.45, 7) is 4.00. The predicted octanol–water partition coefficient (Wildman–Crippen LogP) is 1.05. The molecule has 1 fully saturated rings. The van der Waals surface area contributed by atoms with Gasteiger partial charge in [0.05, 0.1) is 0 Å². The van der Waals surface area contributed by atoms with Crippen molar-refractivity contribution >= 4 is 17.7 Å². The van der Waals surface area contributed by atoms with Gasteiger partial charge in [-0.3, -0.25) is 14.9 Å². The van der Waals surface area contributed by atoms with Gasteiger partial charge in [0.25, 0.3) is 0 Å². The number of carbonyl (C=O) groups excluding carboxylic acids is 3. The van der Waals surface area contributed by atoms with Gasteiger partial charge in [0.2, 0.25) is 11.8 Å². The molecule has 6 heteroatoms. The summed E-state index contributed by atoms with van der Waals surface area (Å²) in [5.74, 6) is -1.11. The van der Waals surface area contributed by atoms with Crippen LogP contribution in [0.1, 0.15) is 37.0 Å². The van der Waals surface area contributed by atoms with E-state index in [0.29, 0.717) is 12.0 Å². The number of hydrogen-bond donors (Lipinski definition) is 2. The molecule has 1 saturated heterocycles. The van der Waals surface area contributed by atoms with Crippen LogP contribution in [0.25, 0.3) is 0 Å². The first-order chi connectivity index (χ1) is 9.16. The Morgan fingerprint density at radius 3 is 2.60 bits per heavy atom. The van der Waals surface area contributed by atoms with Crippen molar-refractivity contribution in [3.05, 3.63) is 35.9 Å². The molecular formula is C14H17N2O3W-. The van der Waals surface area contributed by atoms with E-state index in [4.69, 9.17) is 0 Å². The summed E-state index contributed by atoms with van der Waals surface area (Å²) >= 11 is 0. The number of piperidine rings is 1. The number of hydrogen-bond acceptors (Lipinski definition) is 3.